The van der Waals surface area contributed by atoms with Gasteiger partial charge in [0.1, 0.15) is 7.11 Å². The zero-order valence-corrected chi connectivity index (χ0v) is 12.8. The van der Waals surface area contributed by atoms with E-state index in [0.29, 0.717) is 10.9 Å². The molecule has 0 amide bonds. The molecule has 2 aromatic rings. The van der Waals surface area contributed by atoms with Crippen LogP contribution >= 0.6 is 11.6 Å². The molecule has 0 saturated carbocycles. The first-order chi connectivity index (χ1) is 10.2. The number of fused-ring (bicyclic) bond motifs is 1. The lowest BCUT2D eigenvalue weighted by molar-refractivity contribution is 0.212. The van der Waals surface area contributed by atoms with Crippen LogP contribution in [0.5, 0.6) is 0 Å². The highest BCUT2D eigenvalue weighted by Crippen LogP contribution is 2.27. The predicted molar refractivity (Wildman–Crippen MR) is 83.5 cm³/mol. The van der Waals surface area contributed by atoms with E-state index in [4.69, 9.17) is 16.4 Å². The summed E-state index contributed by atoms with van der Waals surface area (Å²) in [6.45, 7) is 2.18. The van der Waals surface area contributed by atoms with Gasteiger partial charge in [0, 0.05) is 16.1 Å². The second kappa shape index (κ2) is 5.82. The third-order valence-corrected chi connectivity index (χ3v) is 3.86. The SMILES string of the molecule is CO/N=C1/C[C@@H](C)Cc2nnc(-c3ccc(Cl)cc3)cc21. The van der Waals surface area contributed by atoms with Crippen LogP contribution in [0.3, 0.4) is 0 Å². The van der Waals surface area contributed by atoms with E-state index in [1.807, 2.05) is 30.3 Å². The van der Waals surface area contributed by atoms with Gasteiger partial charge in [-0.25, -0.2) is 0 Å². The average Bonchev–Trinajstić information content (AvgIpc) is 2.48. The van der Waals surface area contributed by atoms with Crippen molar-refractivity contribution >= 4 is 17.3 Å². The molecular formula is C16H16ClN3O. The Labute approximate surface area is 128 Å². The Morgan fingerprint density at radius 2 is 1.95 bits per heavy atom. The Kier molecular flexibility index (Phi) is 3.88. The summed E-state index contributed by atoms with van der Waals surface area (Å²) in [4.78, 5) is 4.97. The van der Waals surface area contributed by atoms with Gasteiger partial charge >= 0.3 is 0 Å². The second-order valence-corrected chi connectivity index (χ2v) is 5.77. The largest absolute Gasteiger partial charge is 0.399 e. The molecule has 1 heterocycles. The maximum absolute atomic E-state index is 5.92. The molecule has 1 aromatic carbocycles. The highest BCUT2D eigenvalue weighted by molar-refractivity contribution is 6.30. The number of halogens is 1. The maximum atomic E-state index is 5.92. The number of oxime groups is 1. The Balaban J connectivity index is 2.05. The first-order valence-corrected chi connectivity index (χ1v) is 7.28. The van der Waals surface area contributed by atoms with Crippen LogP contribution in [0.1, 0.15) is 24.6 Å². The Bertz CT molecular complexity index is 682. The zero-order chi connectivity index (χ0) is 14.8. The van der Waals surface area contributed by atoms with E-state index in [2.05, 4.69) is 22.3 Å². The molecule has 3 rings (SSSR count). The molecule has 1 aromatic heterocycles. The quantitative estimate of drug-likeness (QED) is 0.794. The van der Waals surface area contributed by atoms with Crippen LogP contribution in [-0.2, 0) is 11.3 Å². The lowest BCUT2D eigenvalue weighted by Crippen LogP contribution is -2.21. The fraction of sp³-hybridized carbons (Fsp3) is 0.312. The predicted octanol–water partition coefficient (Wildman–Crippen LogP) is 3.73. The number of rotatable bonds is 2. The molecule has 5 heteroatoms. The molecule has 108 valence electrons. The fourth-order valence-corrected chi connectivity index (χ4v) is 2.74. The number of aromatic nitrogens is 2. The van der Waals surface area contributed by atoms with Crippen LogP contribution in [0, 0.1) is 5.92 Å². The zero-order valence-electron chi connectivity index (χ0n) is 12.0. The molecule has 1 atom stereocenters. The maximum Gasteiger partial charge on any atom is 0.106 e. The van der Waals surface area contributed by atoms with Gasteiger partial charge in [0.15, 0.2) is 0 Å². The normalized spacial score (nSPS) is 19.4. The Morgan fingerprint density at radius 1 is 1.19 bits per heavy atom. The van der Waals surface area contributed by atoms with E-state index in [9.17, 15) is 0 Å². The molecule has 1 aliphatic carbocycles. The average molecular weight is 302 g/mol. The minimum atomic E-state index is 0.502. The minimum Gasteiger partial charge on any atom is -0.399 e. The first kappa shape index (κ1) is 14.0. The van der Waals surface area contributed by atoms with E-state index in [-0.39, 0.29) is 0 Å². The molecule has 0 aliphatic heterocycles. The van der Waals surface area contributed by atoms with Crippen LogP contribution in [0.4, 0.5) is 0 Å². The fourth-order valence-electron chi connectivity index (χ4n) is 2.62. The van der Waals surface area contributed by atoms with E-state index < -0.39 is 0 Å². The molecule has 0 radical (unpaired) electrons. The summed E-state index contributed by atoms with van der Waals surface area (Å²) in [5, 5.41) is 13.6. The molecule has 0 unspecified atom stereocenters. The van der Waals surface area contributed by atoms with Crippen molar-refractivity contribution in [3.63, 3.8) is 0 Å². The standard InChI is InChI=1S/C16H16ClN3O/c1-10-7-15-13(16(8-10)20-21-2)9-14(18-19-15)11-3-5-12(17)6-4-11/h3-6,9-10H,7-8H2,1-2H3/b20-16-/t10-/m0/s1. The number of benzene rings is 1. The lowest BCUT2D eigenvalue weighted by Gasteiger charge is -2.21. The van der Waals surface area contributed by atoms with Crippen molar-refractivity contribution in [2.24, 2.45) is 11.1 Å². The lowest BCUT2D eigenvalue weighted by atomic mass is 9.86. The van der Waals surface area contributed by atoms with Crippen molar-refractivity contribution in [1.82, 2.24) is 10.2 Å². The topological polar surface area (TPSA) is 47.4 Å². The van der Waals surface area contributed by atoms with Gasteiger partial charge in [0.05, 0.1) is 17.1 Å². The number of hydrogen-bond donors (Lipinski definition) is 0. The van der Waals surface area contributed by atoms with E-state index >= 15 is 0 Å². The summed E-state index contributed by atoms with van der Waals surface area (Å²) in [6, 6.07) is 9.62. The van der Waals surface area contributed by atoms with Gasteiger partial charge in [-0.2, -0.15) is 10.2 Å². The molecule has 0 saturated heterocycles. The van der Waals surface area contributed by atoms with Gasteiger partial charge in [-0.1, -0.05) is 35.8 Å². The number of nitrogens with zero attached hydrogens (tertiary/aromatic N) is 3. The van der Waals surface area contributed by atoms with Crippen LogP contribution in [0.25, 0.3) is 11.3 Å². The summed E-state index contributed by atoms with van der Waals surface area (Å²) in [5.41, 5.74) is 4.78. The summed E-state index contributed by atoms with van der Waals surface area (Å²) in [5.74, 6) is 0.502. The van der Waals surface area contributed by atoms with Crippen molar-refractivity contribution in [3.8, 4) is 11.3 Å². The van der Waals surface area contributed by atoms with Crippen LogP contribution in [0.15, 0.2) is 35.5 Å². The molecule has 1 aliphatic rings. The summed E-state index contributed by atoms with van der Waals surface area (Å²) in [6.07, 6.45) is 1.82. The monoisotopic (exact) mass is 301 g/mol. The van der Waals surface area contributed by atoms with Gasteiger partial charge in [-0.3, -0.25) is 0 Å². The van der Waals surface area contributed by atoms with Crippen LogP contribution < -0.4 is 0 Å². The Hall–Kier alpha value is -1.94. The molecular weight excluding hydrogens is 286 g/mol. The number of hydrogen-bond acceptors (Lipinski definition) is 4. The van der Waals surface area contributed by atoms with Crippen molar-refractivity contribution < 1.29 is 4.84 Å². The molecule has 4 nitrogen and oxygen atoms in total. The molecule has 0 spiro atoms. The van der Waals surface area contributed by atoms with Gasteiger partial charge < -0.3 is 4.84 Å². The van der Waals surface area contributed by atoms with E-state index in [1.165, 1.54) is 0 Å². The summed E-state index contributed by atoms with van der Waals surface area (Å²) < 4.78 is 0. The highest BCUT2D eigenvalue weighted by Gasteiger charge is 2.23. The Morgan fingerprint density at radius 3 is 2.67 bits per heavy atom. The highest BCUT2D eigenvalue weighted by atomic mass is 35.5. The molecule has 21 heavy (non-hydrogen) atoms. The molecule has 0 fully saturated rings. The van der Waals surface area contributed by atoms with Gasteiger partial charge in [0.2, 0.25) is 0 Å². The molecule has 0 N–H and O–H groups in total. The minimum absolute atomic E-state index is 0.502. The van der Waals surface area contributed by atoms with E-state index in [1.54, 1.807) is 7.11 Å². The van der Waals surface area contributed by atoms with Gasteiger partial charge in [-0.05, 0) is 37.0 Å². The van der Waals surface area contributed by atoms with Crippen molar-refractivity contribution in [2.45, 2.75) is 19.8 Å². The van der Waals surface area contributed by atoms with Gasteiger partial charge in [-0.15, -0.1) is 0 Å². The van der Waals surface area contributed by atoms with Crippen LogP contribution in [-0.4, -0.2) is 23.0 Å². The molecule has 0 bridgehead atoms. The first-order valence-electron chi connectivity index (χ1n) is 6.90. The summed E-state index contributed by atoms with van der Waals surface area (Å²) >= 11 is 5.92. The van der Waals surface area contributed by atoms with Crippen molar-refractivity contribution in [3.05, 3.63) is 46.6 Å². The third-order valence-electron chi connectivity index (χ3n) is 3.61. The van der Waals surface area contributed by atoms with Crippen LogP contribution in [0.2, 0.25) is 5.02 Å². The smallest absolute Gasteiger partial charge is 0.106 e. The van der Waals surface area contributed by atoms with Crippen molar-refractivity contribution in [1.29, 1.82) is 0 Å². The summed E-state index contributed by atoms with van der Waals surface area (Å²) in [7, 11) is 1.57. The third kappa shape index (κ3) is 2.90. The van der Waals surface area contributed by atoms with E-state index in [0.717, 1.165) is 41.1 Å². The van der Waals surface area contributed by atoms with Crippen molar-refractivity contribution in [2.75, 3.05) is 7.11 Å². The van der Waals surface area contributed by atoms with Gasteiger partial charge in [0.25, 0.3) is 0 Å². The second-order valence-electron chi connectivity index (χ2n) is 5.33.